The lowest BCUT2D eigenvalue weighted by atomic mass is 9.94. The second-order valence-electron chi connectivity index (χ2n) is 7.74. The summed E-state index contributed by atoms with van der Waals surface area (Å²) in [7, 11) is 1.58. The Bertz CT molecular complexity index is 1040. The van der Waals surface area contributed by atoms with Crippen molar-refractivity contribution >= 4 is 28.2 Å². The van der Waals surface area contributed by atoms with Gasteiger partial charge in [0.1, 0.15) is 17.5 Å². The standard InChI is InChI=1S/C24H26N4O3S/c1-31-19-10-5-7-17(15-19)22(23(29)27-18-8-3-2-4-9-18)28(21-11-6-14-32-21)24(30)20-16-25-12-13-26-20/h5-7,10-16,18,22H,2-4,8-9H2,1H3,(H,27,29). The van der Waals surface area contributed by atoms with Crippen LogP contribution in [0.25, 0.3) is 0 Å². The van der Waals surface area contributed by atoms with Crippen LogP contribution in [-0.2, 0) is 4.79 Å². The fraction of sp³-hybridized carbons (Fsp3) is 0.333. The number of hydrogen-bond donors (Lipinski definition) is 1. The molecule has 1 fully saturated rings. The molecule has 166 valence electrons. The largest absolute Gasteiger partial charge is 0.497 e. The van der Waals surface area contributed by atoms with Crippen LogP contribution in [0, 0.1) is 0 Å². The van der Waals surface area contributed by atoms with Crippen LogP contribution in [0.15, 0.2) is 60.4 Å². The molecule has 2 amide bonds. The molecule has 0 radical (unpaired) electrons. The van der Waals surface area contributed by atoms with Crippen molar-refractivity contribution in [3.63, 3.8) is 0 Å². The minimum atomic E-state index is -0.875. The van der Waals surface area contributed by atoms with Gasteiger partial charge < -0.3 is 10.1 Å². The van der Waals surface area contributed by atoms with Crippen LogP contribution in [0.3, 0.4) is 0 Å². The summed E-state index contributed by atoms with van der Waals surface area (Å²) >= 11 is 1.40. The molecule has 0 aliphatic heterocycles. The molecule has 3 aromatic rings. The maximum absolute atomic E-state index is 13.7. The smallest absolute Gasteiger partial charge is 0.280 e. The van der Waals surface area contributed by atoms with Gasteiger partial charge in [-0.2, -0.15) is 0 Å². The van der Waals surface area contributed by atoms with Gasteiger partial charge in [-0.25, -0.2) is 4.98 Å². The Morgan fingerprint density at radius 3 is 2.69 bits per heavy atom. The zero-order valence-electron chi connectivity index (χ0n) is 17.9. The van der Waals surface area contributed by atoms with Crippen molar-refractivity contribution in [3.8, 4) is 5.75 Å². The van der Waals surface area contributed by atoms with Crippen LogP contribution in [0.1, 0.15) is 54.2 Å². The molecule has 2 aromatic heterocycles. The first kappa shape index (κ1) is 22.0. The van der Waals surface area contributed by atoms with Gasteiger partial charge in [0.05, 0.1) is 18.3 Å². The Morgan fingerprint density at radius 2 is 2.00 bits per heavy atom. The lowest BCUT2D eigenvalue weighted by Gasteiger charge is -2.32. The molecule has 0 spiro atoms. The summed E-state index contributed by atoms with van der Waals surface area (Å²) in [6, 6.07) is 10.2. The van der Waals surface area contributed by atoms with E-state index in [1.165, 1.54) is 41.2 Å². The number of aromatic nitrogens is 2. The van der Waals surface area contributed by atoms with Crippen LogP contribution in [0.2, 0.25) is 0 Å². The van der Waals surface area contributed by atoms with Gasteiger partial charge in [-0.1, -0.05) is 31.4 Å². The molecule has 0 bridgehead atoms. The first-order valence-electron chi connectivity index (χ1n) is 10.7. The summed E-state index contributed by atoms with van der Waals surface area (Å²) in [5.74, 6) is 0.0269. The summed E-state index contributed by atoms with van der Waals surface area (Å²) < 4.78 is 5.40. The van der Waals surface area contributed by atoms with E-state index in [9.17, 15) is 9.59 Å². The van der Waals surface area contributed by atoms with Crippen molar-refractivity contribution in [2.75, 3.05) is 12.0 Å². The van der Waals surface area contributed by atoms with Crippen molar-refractivity contribution in [3.05, 3.63) is 71.6 Å². The number of ether oxygens (including phenoxy) is 1. The second-order valence-corrected chi connectivity index (χ2v) is 8.67. The predicted octanol–water partition coefficient (Wildman–Crippen LogP) is 4.38. The summed E-state index contributed by atoms with van der Waals surface area (Å²) in [4.78, 5) is 37.1. The highest BCUT2D eigenvalue weighted by molar-refractivity contribution is 7.14. The molecule has 32 heavy (non-hydrogen) atoms. The topological polar surface area (TPSA) is 84.4 Å². The molecule has 1 atom stereocenters. The van der Waals surface area contributed by atoms with Crippen molar-refractivity contribution < 1.29 is 14.3 Å². The molecule has 1 aliphatic rings. The Kier molecular flexibility index (Phi) is 7.11. The van der Waals surface area contributed by atoms with E-state index in [1.54, 1.807) is 13.2 Å². The Labute approximate surface area is 191 Å². The van der Waals surface area contributed by atoms with Crippen LogP contribution in [0.4, 0.5) is 5.00 Å². The number of rotatable bonds is 7. The maximum Gasteiger partial charge on any atom is 0.280 e. The molecule has 1 aromatic carbocycles. The van der Waals surface area contributed by atoms with E-state index in [2.05, 4.69) is 15.3 Å². The lowest BCUT2D eigenvalue weighted by molar-refractivity contribution is -0.123. The molecule has 4 rings (SSSR count). The summed E-state index contributed by atoms with van der Waals surface area (Å²) in [6.45, 7) is 0. The normalized spacial score (nSPS) is 15.0. The Morgan fingerprint density at radius 1 is 1.16 bits per heavy atom. The minimum Gasteiger partial charge on any atom is -0.497 e. The first-order valence-corrected chi connectivity index (χ1v) is 11.6. The average Bonchev–Trinajstić information content (AvgIpc) is 3.37. The van der Waals surface area contributed by atoms with Gasteiger partial charge in [0, 0.05) is 18.4 Å². The maximum atomic E-state index is 13.7. The quantitative estimate of drug-likeness (QED) is 0.577. The van der Waals surface area contributed by atoms with E-state index in [4.69, 9.17) is 4.74 Å². The van der Waals surface area contributed by atoms with Gasteiger partial charge in [-0.05, 0) is 48.1 Å². The number of anilines is 1. The van der Waals surface area contributed by atoms with E-state index in [1.807, 2.05) is 35.7 Å². The molecule has 8 heteroatoms. The summed E-state index contributed by atoms with van der Waals surface area (Å²) in [6.07, 6.45) is 9.71. The third-order valence-electron chi connectivity index (χ3n) is 5.61. The van der Waals surface area contributed by atoms with Crippen LogP contribution in [0.5, 0.6) is 5.75 Å². The van der Waals surface area contributed by atoms with Gasteiger partial charge in [-0.3, -0.25) is 19.5 Å². The molecule has 7 nitrogen and oxygen atoms in total. The number of hydrogen-bond acceptors (Lipinski definition) is 6. The van der Waals surface area contributed by atoms with E-state index in [-0.39, 0.29) is 23.6 Å². The zero-order chi connectivity index (χ0) is 22.3. The number of benzene rings is 1. The van der Waals surface area contributed by atoms with Crippen LogP contribution in [-0.4, -0.2) is 34.9 Å². The molecule has 2 heterocycles. The fourth-order valence-corrected chi connectivity index (χ4v) is 4.80. The molecule has 1 unspecified atom stereocenters. The van der Waals surface area contributed by atoms with Gasteiger partial charge in [0.2, 0.25) is 5.91 Å². The highest BCUT2D eigenvalue weighted by Gasteiger charge is 2.36. The molecular formula is C24H26N4O3S. The number of carbonyl (C=O) groups is 2. The highest BCUT2D eigenvalue weighted by Crippen LogP contribution is 2.34. The summed E-state index contributed by atoms with van der Waals surface area (Å²) in [5, 5.41) is 5.74. The third kappa shape index (κ3) is 4.96. The van der Waals surface area contributed by atoms with Gasteiger partial charge in [-0.15, -0.1) is 11.3 Å². The van der Waals surface area contributed by atoms with Crippen LogP contribution >= 0.6 is 11.3 Å². The van der Waals surface area contributed by atoms with E-state index < -0.39 is 6.04 Å². The van der Waals surface area contributed by atoms with Crippen molar-refractivity contribution in [1.29, 1.82) is 0 Å². The number of nitrogens with one attached hydrogen (secondary N) is 1. The van der Waals surface area contributed by atoms with E-state index in [0.29, 0.717) is 16.3 Å². The zero-order valence-corrected chi connectivity index (χ0v) is 18.8. The number of thiophene rings is 1. The third-order valence-corrected chi connectivity index (χ3v) is 6.48. The molecule has 1 aliphatic carbocycles. The summed E-state index contributed by atoms with van der Waals surface area (Å²) in [5.41, 5.74) is 0.850. The SMILES string of the molecule is COc1cccc(C(C(=O)NC2CCCCC2)N(C(=O)c2cnccn2)c2cccs2)c1. The molecular weight excluding hydrogens is 424 g/mol. The van der Waals surface area contributed by atoms with Crippen molar-refractivity contribution in [2.24, 2.45) is 0 Å². The van der Waals surface area contributed by atoms with Crippen molar-refractivity contribution in [1.82, 2.24) is 15.3 Å². The monoisotopic (exact) mass is 450 g/mol. The molecule has 0 saturated heterocycles. The Hall–Kier alpha value is -3.26. The molecule has 1 N–H and O–H groups in total. The van der Waals surface area contributed by atoms with E-state index in [0.717, 1.165) is 25.7 Å². The first-order chi connectivity index (χ1) is 15.7. The predicted molar refractivity (Wildman–Crippen MR) is 124 cm³/mol. The van der Waals surface area contributed by atoms with Crippen LogP contribution < -0.4 is 15.0 Å². The number of methoxy groups -OCH3 is 1. The highest BCUT2D eigenvalue weighted by atomic mass is 32.1. The lowest BCUT2D eigenvalue weighted by Crippen LogP contribution is -2.47. The fourth-order valence-electron chi connectivity index (χ4n) is 4.04. The number of nitrogens with zero attached hydrogens (tertiary/aromatic N) is 3. The second kappa shape index (κ2) is 10.4. The number of amides is 2. The van der Waals surface area contributed by atoms with Crippen molar-refractivity contribution in [2.45, 2.75) is 44.2 Å². The van der Waals surface area contributed by atoms with Gasteiger partial charge >= 0.3 is 0 Å². The Balaban J connectivity index is 1.77. The average molecular weight is 451 g/mol. The molecule has 1 saturated carbocycles. The van der Waals surface area contributed by atoms with E-state index >= 15 is 0 Å². The minimum absolute atomic E-state index is 0.112. The van der Waals surface area contributed by atoms with Gasteiger partial charge in [0.25, 0.3) is 5.91 Å². The number of carbonyl (C=O) groups excluding carboxylic acids is 2. The van der Waals surface area contributed by atoms with Gasteiger partial charge in [0.15, 0.2) is 0 Å².